The lowest BCUT2D eigenvalue weighted by atomic mass is 10.2. The molecule has 0 bridgehead atoms. The molecule has 0 aliphatic heterocycles. The summed E-state index contributed by atoms with van der Waals surface area (Å²) in [6.45, 7) is 4.01. The fraction of sp³-hybridized carbons (Fsp3) is 0.214. The van der Waals surface area contributed by atoms with Crippen molar-refractivity contribution in [2.75, 3.05) is 5.32 Å². The van der Waals surface area contributed by atoms with Gasteiger partial charge in [-0.25, -0.2) is 0 Å². The number of phenolic OH excluding ortho intramolecular Hbond substituents is 1. The SMILES string of the molecule is CC(C)n1cccc1C(=O)Nc1ccc(Cl)c(O)c1. The molecule has 1 amide bonds. The van der Waals surface area contributed by atoms with Gasteiger partial charge in [0.1, 0.15) is 11.4 Å². The molecular formula is C14H15ClN2O2. The maximum absolute atomic E-state index is 12.2. The first-order chi connectivity index (χ1) is 8.99. The highest BCUT2D eigenvalue weighted by atomic mass is 35.5. The number of anilines is 1. The molecule has 0 aliphatic rings. The van der Waals surface area contributed by atoms with Crippen LogP contribution in [0.5, 0.6) is 5.75 Å². The molecule has 0 aliphatic carbocycles. The fourth-order valence-electron chi connectivity index (χ4n) is 1.82. The van der Waals surface area contributed by atoms with Crippen molar-refractivity contribution in [1.29, 1.82) is 0 Å². The number of carbonyl (C=O) groups is 1. The smallest absolute Gasteiger partial charge is 0.272 e. The van der Waals surface area contributed by atoms with Gasteiger partial charge in [0.2, 0.25) is 0 Å². The van der Waals surface area contributed by atoms with Crippen molar-refractivity contribution < 1.29 is 9.90 Å². The minimum Gasteiger partial charge on any atom is -0.506 e. The van der Waals surface area contributed by atoms with Gasteiger partial charge >= 0.3 is 0 Å². The van der Waals surface area contributed by atoms with E-state index in [1.807, 2.05) is 30.7 Å². The van der Waals surface area contributed by atoms with Gasteiger partial charge in [0.15, 0.2) is 0 Å². The Morgan fingerprint density at radius 3 is 2.74 bits per heavy atom. The summed E-state index contributed by atoms with van der Waals surface area (Å²) in [5, 5.41) is 12.5. The van der Waals surface area contributed by atoms with Gasteiger partial charge in [0.25, 0.3) is 5.91 Å². The van der Waals surface area contributed by atoms with Gasteiger partial charge in [0, 0.05) is 24.0 Å². The summed E-state index contributed by atoms with van der Waals surface area (Å²) in [7, 11) is 0. The highest BCUT2D eigenvalue weighted by Gasteiger charge is 2.13. The summed E-state index contributed by atoms with van der Waals surface area (Å²) >= 11 is 5.72. The van der Waals surface area contributed by atoms with Gasteiger partial charge in [-0.1, -0.05) is 11.6 Å². The highest BCUT2D eigenvalue weighted by molar-refractivity contribution is 6.32. The third-order valence-electron chi connectivity index (χ3n) is 2.77. The molecule has 0 saturated heterocycles. The van der Waals surface area contributed by atoms with Crippen LogP contribution in [0.3, 0.4) is 0 Å². The number of nitrogens with one attached hydrogen (secondary N) is 1. The number of nitrogens with zero attached hydrogens (tertiary/aromatic N) is 1. The topological polar surface area (TPSA) is 54.3 Å². The van der Waals surface area contributed by atoms with Crippen LogP contribution in [0.4, 0.5) is 5.69 Å². The summed E-state index contributed by atoms with van der Waals surface area (Å²) in [4.78, 5) is 12.2. The molecular weight excluding hydrogens is 264 g/mol. The lowest BCUT2D eigenvalue weighted by Gasteiger charge is -2.13. The number of benzene rings is 1. The van der Waals surface area contributed by atoms with E-state index in [4.69, 9.17) is 11.6 Å². The normalized spacial score (nSPS) is 10.7. The Labute approximate surface area is 116 Å². The molecule has 4 nitrogen and oxygen atoms in total. The monoisotopic (exact) mass is 278 g/mol. The first-order valence-corrected chi connectivity index (χ1v) is 6.33. The zero-order chi connectivity index (χ0) is 14.0. The Bertz CT molecular complexity index is 605. The van der Waals surface area contributed by atoms with Gasteiger partial charge in [-0.3, -0.25) is 4.79 Å². The molecule has 100 valence electrons. The Kier molecular flexibility index (Phi) is 3.81. The minimum absolute atomic E-state index is 0.0568. The van der Waals surface area contributed by atoms with Gasteiger partial charge in [-0.2, -0.15) is 0 Å². The molecule has 0 unspecified atom stereocenters. The number of hydrogen-bond donors (Lipinski definition) is 2. The number of carbonyl (C=O) groups excluding carboxylic acids is 1. The second kappa shape index (κ2) is 5.36. The van der Waals surface area contributed by atoms with E-state index in [1.165, 1.54) is 12.1 Å². The van der Waals surface area contributed by atoms with Gasteiger partial charge in [-0.15, -0.1) is 0 Å². The summed E-state index contributed by atoms with van der Waals surface area (Å²) < 4.78 is 1.88. The Balaban J connectivity index is 2.21. The third-order valence-corrected chi connectivity index (χ3v) is 3.09. The number of aromatic hydroxyl groups is 1. The summed E-state index contributed by atoms with van der Waals surface area (Å²) in [6.07, 6.45) is 1.86. The summed E-state index contributed by atoms with van der Waals surface area (Å²) in [6, 6.07) is 8.38. The second-order valence-corrected chi connectivity index (χ2v) is 4.92. The Morgan fingerprint density at radius 2 is 2.11 bits per heavy atom. The van der Waals surface area contributed by atoms with Crippen LogP contribution in [0.15, 0.2) is 36.5 Å². The molecule has 1 aromatic heterocycles. The van der Waals surface area contributed by atoms with Crippen molar-refractivity contribution >= 4 is 23.2 Å². The zero-order valence-electron chi connectivity index (χ0n) is 10.7. The van der Waals surface area contributed by atoms with E-state index in [9.17, 15) is 9.90 Å². The van der Waals surface area contributed by atoms with E-state index < -0.39 is 0 Å². The lowest BCUT2D eigenvalue weighted by molar-refractivity contribution is 0.101. The Hall–Kier alpha value is -1.94. The first-order valence-electron chi connectivity index (χ1n) is 5.95. The average molecular weight is 279 g/mol. The van der Waals surface area contributed by atoms with Crippen molar-refractivity contribution in [1.82, 2.24) is 4.57 Å². The number of halogens is 1. The second-order valence-electron chi connectivity index (χ2n) is 4.51. The number of aromatic nitrogens is 1. The van der Waals surface area contributed by atoms with Gasteiger partial charge in [-0.05, 0) is 38.1 Å². The number of phenols is 1. The van der Waals surface area contributed by atoms with E-state index in [0.717, 1.165) is 0 Å². The van der Waals surface area contributed by atoms with Crippen molar-refractivity contribution in [3.63, 3.8) is 0 Å². The maximum Gasteiger partial charge on any atom is 0.272 e. The molecule has 1 aromatic carbocycles. The third kappa shape index (κ3) is 2.90. The summed E-state index contributed by atoms with van der Waals surface area (Å²) in [5.41, 5.74) is 1.08. The highest BCUT2D eigenvalue weighted by Crippen LogP contribution is 2.26. The quantitative estimate of drug-likeness (QED) is 0.900. The largest absolute Gasteiger partial charge is 0.506 e. The molecule has 2 rings (SSSR count). The number of hydrogen-bond acceptors (Lipinski definition) is 2. The number of rotatable bonds is 3. The van der Waals surface area contributed by atoms with Crippen LogP contribution < -0.4 is 5.32 Å². The molecule has 0 atom stereocenters. The van der Waals surface area contributed by atoms with Crippen LogP contribution >= 0.6 is 11.6 Å². The van der Waals surface area contributed by atoms with Crippen LogP contribution in [0.2, 0.25) is 5.02 Å². The van der Waals surface area contributed by atoms with E-state index in [1.54, 1.807) is 12.1 Å². The van der Waals surface area contributed by atoms with Crippen molar-refractivity contribution in [3.8, 4) is 5.75 Å². The van der Waals surface area contributed by atoms with Crippen molar-refractivity contribution in [3.05, 3.63) is 47.2 Å². The molecule has 2 aromatic rings. The van der Waals surface area contributed by atoms with Gasteiger partial charge in [0.05, 0.1) is 5.02 Å². The van der Waals surface area contributed by atoms with Crippen LogP contribution in [-0.4, -0.2) is 15.6 Å². The Morgan fingerprint density at radius 1 is 1.37 bits per heavy atom. The van der Waals surface area contributed by atoms with E-state index in [2.05, 4.69) is 5.32 Å². The van der Waals surface area contributed by atoms with Crippen LogP contribution in [-0.2, 0) is 0 Å². The first kappa shape index (κ1) is 13.5. The van der Waals surface area contributed by atoms with Crippen LogP contribution in [0, 0.1) is 0 Å². The lowest BCUT2D eigenvalue weighted by Crippen LogP contribution is -2.17. The van der Waals surface area contributed by atoms with Crippen molar-refractivity contribution in [2.24, 2.45) is 0 Å². The average Bonchev–Trinajstić information content (AvgIpc) is 2.83. The van der Waals surface area contributed by atoms with E-state index in [-0.39, 0.29) is 22.7 Å². The predicted octanol–water partition coefficient (Wildman–Crippen LogP) is 3.68. The van der Waals surface area contributed by atoms with Crippen molar-refractivity contribution in [2.45, 2.75) is 19.9 Å². The molecule has 5 heteroatoms. The molecule has 1 heterocycles. The molecule has 0 spiro atoms. The number of amides is 1. The van der Waals surface area contributed by atoms with E-state index in [0.29, 0.717) is 11.4 Å². The molecule has 0 saturated carbocycles. The van der Waals surface area contributed by atoms with Crippen LogP contribution in [0.25, 0.3) is 0 Å². The molecule has 19 heavy (non-hydrogen) atoms. The molecule has 0 fully saturated rings. The maximum atomic E-state index is 12.2. The summed E-state index contributed by atoms with van der Waals surface area (Å²) in [5.74, 6) is -0.279. The standard InChI is InChI=1S/C14H15ClN2O2/c1-9(2)17-7-3-4-12(17)14(19)16-10-5-6-11(15)13(18)8-10/h3-9,18H,1-2H3,(H,16,19). The fourth-order valence-corrected chi connectivity index (χ4v) is 1.94. The van der Waals surface area contributed by atoms with Crippen LogP contribution in [0.1, 0.15) is 30.4 Å². The van der Waals surface area contributed by atoms with Gasteiger partial charge < -0.3 is 15.0 Å². The minimum atomic E-state index is -0.222. The predicted molar refractivity (Wildman–Crippen MR) is 75.9 cm³/mol. The zero-order valence-corrected chi connectivity index (χ0v) is 11.5. The van der Waals surface area contributed by atoms with E-state index >= 15 is 0 Å². The molecule has 2 N–H and O–H groups in total. The molecule has 0 radical (unpaired) electrons.